The molecule has 0 atom stereocenters. The molecule has 1 amide bonds. The lowest BCUT2D eigenvalue weighted by Gasteiger charge is -2.08. The standard InChI is InChI=1S/C21H17N3OS2/c1-14-23-19(12-26-14)15-5-4-6-16(11-15)24-21(25)13-27-20-9-10-22-18-8-3-2-7-17(18)20/h2-12H,13H2,1H3,(H,24,25). The van der Waals surface area contributed by atoms with E-state index in [1.54, 1.807) is 17.5 Å². The molecule has 0 saturated heterocycles. The smallest absolute Gasteiger partial charge is 0.234 e. The molecular formula is C21H17N3OS2. The number of thioether (sulfide) groups is 1. The Hall–Kier alpha value is -2.70. The molecule has 4 nitrogen and oxygen atoms in total. The molecule has 2 heterocycles. The van der Waals surface area contributed by atoms with E-state index < -0.39 is 0 Å². The van der Waals surface area contributed by atoms with Crippen molar-refractivity contribution in [2.24, 2.45) is 0 Å². The van der Waals surface area contributed by atoms with Crippen LogP contribution in [0.3, 0.4) is 0 Å². The van der Waals surface area contributed by atoms with Gasteiger partial charge in [0.25, 0.3) is 0 Å². The molecule has 134 valence electrons. The summed E-state index contributed by atoms with van der Waals surface area (Å²) in [6.07, 6.45) is 1.78. The summed E-state index contributed by atoms with van der Waals surface area (Å²) >= 11 is 3.14. The van der Waals surface area contributed by atoms with E-state index in [0.717, 1.165) is 37.8 Å². The molecule has 0 fully saturated rings. The highest BCUT2D eigenvalue weighted by Gasteiger charge is 2.08. The predicted octanol–water partition coefficient (Wildman–Crippen LogP) is 5.40. The minimum atomic E-state index is -0.0347. The summed E-state index contributed by atoms with van der Waals surface area (Å²) < 4.78 is 0. The van der Waals surface area contributed by atoms with Gasteiger partial charge in [0.2, 0.25) is 5.91 Å². The molecule has 4 rings (SSSR count). The maximum Gasteiger partial charge on any atom is 0.234 e. The van der Waals surface area contributed by atoms with E-state index in [2.05, 4.69) is 15.3 Å². The van der Waals surface area contributed by atoms with Gasteiger partial charge in [-0.15, -0.1) is 23.1 Å². The highest BCUT2D eigenvalue weighted by atomic mass is 32.2. The van der Waals surface area contributed by atoms with Crippen LogP contribution in [0.2, 0.25) is 0 Å². The normalized spacial score (nSPS) is 10.9. The number of para-hydroxylation sites is 1. The number of thiazole rings is 1. The molecule has 0 spiro atoms. The fourth-order valence-electron chi connectivity index (χ4n) is 2.79. The molecule has 2 aromatic carbocycles. The molecule has 0 radical (unpaired) electrons. The Balaban J connectivity index is 1.44. The number of fused-ring (bicyclic) bond motifs is 1. The largest absolute Gasteiger partial charge is 0.325 e. The van der Waals surface area contributed by atoms with E-state index in [-0.39, 0.29) is 5.91 Å². The van der Waals surface area contributed by atoms with Gasteiger partial charge in [-0.05, 0) is 31.2 Å². The fraction of sp³-hybridized carbons (Fsp3) is 0.0952. The first-order chi connectivity index (χ1) is 13.2. The summed E-state index contributed by atoms with van der Waals surface area (Å²) in [7, 11) is 0. The quantitative estimate of drug-likeness (QED) is 0.463. The van der Waals surface area contributed by atoms with Gasteiger partial charge in [0.15, 0.2) is 0 Å². The van der Waals surface area contributed by atoms with Crippen molar-refractivity contribution in [3.63, 3.8) is 0 Å². The highest BCUT2D eigenvalue weighted by Crippen LogP contribution is 2.27. The van der Waals surface area contributed by atoms with E-state index in [9.17, 15) is 4.79 Å². The summed E-state index contributed by atoms with van der Waals surface area (Å²) in [6.45, 7) is 1.99. The van der Waals surface area contributed by atoms with Crippen LogP contribution in [0.25, 0.3) is 22.2 Å². The third kappa shape index (κ3) is 4.18. The fourth-order valence-corrected chi connectivity index (χ4v) is 4.25. The predicted molar refractivity (Wildman–Crippen MR) is 113 cm³/mol. The van der Waals surface area contributed by atoms with Gasteiger partial charge in [0, 0.05) is 33.1 Å². The van der Waals surface area contributed by atoms with Crippen molar-refractivity contribution < 1.29 is 4.79 Å². The Morgan fingerprint density at radius 1 is 1.15 bits per heavy atom. The van der Waals surface area contributed by atoms with Gasteiger partial charge in [0.05, 0.1) is 22.0 Å². The van der Waals surface area contributed by atoms with E-state index in [4.69, 9.17) is 0 Å². The van der Waals surface area contributed by atoms with Gasteiger partial charge in [-0.2, -0.15) is 0 Å². The maximum absolute atomic E-state index is 12.4. The van der Waals surface area contributed by atoms with Crippen LogP contribution in [0.15, 0.2) is 71.1 Å². The highest BCUT2D eigenvalue weighted by molar-refractivity contribution is 8.00. The number of nitrogens with one attached hydrogen (secondary N) is 1. The molecule has 0 unspecified atom stereocenters. The topological polar surface area (TPSA) is 54.9 Å². The van der Waals surface area contributed by atoms with Gasteiger partial charge in [-0.3, -0.25) is 9.78 Å². The molecule has 2 aromatic heterocycles. The first kappa shape index (κ1) is 17.7. The molecule has 0 aliphatic rings. The zero-order valence-electron chi connectivity index (χ0n) is 14.7. The van der Waals surface area contributed by atoms with Crippen LogP contribution in [0.4, 0.5) is 5.69 Å². The van der Waals surface area contributed by atoms with Crippen LogP contribution < -0.4 is 5.32 Å². The first-order valence-electron chi connectivity index (χ1n) is 8.48. The van der Waals surface area contributed by atoms with Crippen molar-refractivity contribution >= 4 is 45.6 Å². The molecule has 27 heavy (non-hydrogen) atoms. The average Bonchev–Trinajstić information content (AvgIpc) is 3.13. The van der Waals surface area contributed by atoms with Crippen LogP contribution in [-0.2, 0) is 4.79 Å². The maximum atomic E-state index is 12.4. The zero-order valence-corrected chi connectivity index (χ0v) is 16.3. The summed E-state index contributed by atoms with van der Waals surface area (Å²) in [6, 6.07) is 17.7. The van der Waals surface area contributed by atoms with Crippen LogP contribution in [0.1, 0.15) is 5.01 Å². The van der Waals surface area contributed by atoms with Gasteiger partial charge < -0.3 is 5.32 Å². The Morgan fingerprint density at radius 3 is 2.89 bits per heavy atom. The van der Waals surface area contributed by atoms with Gasteiger partial charge >= 0.3 is 0 Å². The molecule has 0 aliphatic carbocycles. The summed E-state index contributed by atoms with van der Waals surface area (Å²) in [5, 5.41) is 7.10. The number of aromatic nitrogens is 2. The van der Waals surface area contributed by atoms with Crippen LogP contribution in [-0.4, -0.2) is 21.6 Å². The molecule has 0 bridgehead atoms. The van der Waals surface area contributed by atoms with Crippen LogP contribution in [0, 0.1) is 6.92 Å². The summed E-state index contributed by atoms with van der Waals surface area (Å²) in [5.74, 6) is 0.307. The van der Waals surface area contributed by atoms with E-state index in [1.165, 1.54) is 11.8 Å². The number of benzene rings is 2. The van der Waals surface area contributed by atoms with E-state index in [1.807, 2.05) is 66.9 Å². The second kappa shape index (κ2) is 7.90. The zero-order chi connectivity index (χ0) is 18.6. The number of anilines is 1. The second-order valence-corrected chi connectivity index (χ2v) is 8.08. The van der Waals surface area contributed by atoms with Crippen LogP contribution in [0.5, 0.6) is 0 Å². The minimum absolute atomic E-state index is 0.0347. The molecular weight excluding hydrogens is 374 g/mol. The minimum Gasteiger partial charge on any atom is -0.325 e. The number of hydrogen-bond acceptors (Lipinski definition) is 5. The lowest BCUT2D eigenvalue weighted by molar-refractivity contribution is -0.113. The third-order valence-corrected chi connectivity index (χ3v) is 5.88. The number of carbonyl (C=O) groups is 1. The lowest BCUT2D eigenvalue weighted by atomic mass is 10.1. The first-order valence-corrected chi connectivity index (χ1v) is 10.3. The Bertz CT molecular complexity index is 1100. The van der Waals surface area contributed by atoms with Gasteiger partial charge in [-0.25, -0.2) is 4.98 Å². The van der Waals surface area contributed by atoms with Crippen molar-refractivity contribution in [1.29, 1.82) is 0 Å². The number of rotatable bonds is 5. The van der Waals surface area contributed by atoms with Gasteiger partial charge in [-0.1, -0.05) is 30.3 Å². The van der Waals surface area contributed by atoms with Crippen molar-refractivity contribution in [3.05, 3.63) is 71.2 Å². The molecule has 1 N–H and O–H groups in total. The summed E-state index contributed by atoms with van der Waals surface area (Å²) in [5.41, 5.74) is 3.66. The van der Waals surface area contributed by atoms with Crippen LogP contribution >= 0.6 is 23.1 Å². The lowest BCUT2D eigenvalue weighted by Crippen LogP contribution is -2.14. The number of aryl methyl sites for hydroxylation is 1. The average molecular weight is 392 g/mol. The number of nitrogens with zero attached hydrogens (tertiary/aromatic N) is 2. The summed E-state index contributed by atoms with van der Waals surface area (Å²) in [4.78, 5) is 22.3. The number of amides is 1. The molecule has 4 aromatic rings. The number of pyridine rings is 1. The Morgan fingerprint density at radius 2 is 2.04 bits per heavy atom. The third-order valence-electron chi connectivity index (χ3n) is 4.03. The van der Waals surface area contributed by atoms with Crippen molar-refractivity contribution in [2.45, 2.75) is 11.8 Å². The SMILES string of the molecule is Cc1nc(-c2cccc(NC(=O)CSc3ccnc4ccccc34)c2)cs1. The van der Waals surface area contributed by atoms with Crippen molar-refractivity contribution in [1.82, 2.24) is 9.97 Å². The van der Waals surface area contributed by atoms with E-state index >= 15 is 0 Å². The Kier molecular flexibility index (Phi) is 5.18. The van der Waals surface area contributed by atoms with Crippen molar-refractivity contribution in [2.75, 3.05) is 11.1 Å². The molecule has 0 aliphatic heterocycles. The molecule has 6 heteroatoms. The second-order valence-electron chi connectivity index (χ2n) is 6.00. The monoisotopic (exact) mass is 391 g/mol. The Labute approximate surface area is 165 Å². The molecule has 0 saturated carbocycles. The number of carbonyl (C=O) groups excluding carboxylic acids is 1. The van der Waals surface area contributed by atoms with E-state index in [0.29, 0.717) is 5.75 Å². The van der Waals surface area contributed by atoms with Gasteiger partial charge in [0.1, 0.15) is 0 Å². The number of hydrogen-bond donors (Lipinski definition) is 1. The van der Waals surface area contributed by atoms with Crippen molar-refractivity contribution in [3.8, 4) is 11.3 Å².